The number of halogens is 1. The average molecular weight is 293 g/mol. The van der Waals surface area contributed by atoms with Crippen molar-refractivity contribution in [2.45, 2.75) is 51.6 Å². The fourth-order valence-electron chi connectivity index (χ4n) is 3.17. The summed E-state index contributed by atoms with van der Waals surface area (Å²) in [6.07, 6.45) is 6.09. The Balaban J connectivity index is 2.06. The van der Waals surface area contributed by atoms with Gasteiger partial charge in [-0.15, -0.1) is 0 Å². The van der Waals surface area contributed by atoms with Crippen molar-refractivity contribution in [2.24, 2.45) is 16.8 Å². The summed E-state index contributed by atoms with van der Waals surface area (Å²) in [5, 5.41) is 15.0. The fraction of sp³-hybridized carbons (Fsp3) is 0.562. The standard InChI is InChI=1S/C16H24FN3O/c1-2-11-6-3-4-9-14(11)19-10-12-7-5-8-13(15(12)17)16(18)20-21/h5,7-8,11,14,19,21H,2-4,6,9-10H2,1H3,(H2,18,20). The van der Waals surface area contributed by atoms with Crippen LogP contribution in [0.2, 0.25) is 0 Å². The smallest absolute Gasteiger partial charge is 0.173 e. The lowest BCUT2D eigenvalue weighted by molar-refractivity contribution is 0.253. The first-order valence-electron chi connectivity index (χ1n) is 7.66. The lowest BCUT2D eigenvalue weighted by Gasteiger charge is -2.31. The first kappa shape index (κ1) is 15.8. The maximum Gasteiger partial charge on any atom is 0.173 e. The van der Waals surface area contributed by atoms with E-state index < -0.39 is 5.82 Å². The molecule has 1 aromatic carbocycles. The SMILES string of the molecule is CCC1CCCCC1NCc1cccc(/C(N)=N/O)c1F. The summed E-state index contributed by atoms with van der Waals surface area (Å²) in [6, 6.07) is 5.44. The first-order valence-corrected chi connectivity index (χ1v) is 7.66. The molecule has 4 nitrogen and oxygen atoms in total. The van der Waals surface area contributed by atoms with Gasteiger partial charge < -0.3 is 16.3 Å². The number of nitrogens with two attached hydrogens (primary N) is 1. The largest absolute Gasteiger partial charge is 0.409 e. The Bertz CT molecular complexity index is 504. The van der Waals surface area contributed by atoms with Crippen LogP contribution < -0.4 is 11.1 Å². The Morgan fingerprint density at radius 2 is 2.19 bits per heavy atom. The van der Waals surface area contributed by atoms with Gasteiger partial charge in [-0.25, -0.2) is 4.39 Å². The number of rotatable bonds is 5. The second-order valence-electron chi connectivity index (χ2n) is 5.70. The van der Waals surface area contributed by atoms with Crippen molar-refractivity contribution in [1.29, 1.82) is 0 Å². The first-order chi connectivity index (χ1) is 10.2. The van der Waals surface area contributed by atoms with Crippen molar-refractivity contribution < 1.29 is 9.60 Å². The predicted molar refractivity (Wildman–Crippen MR) is 81.8 cm³/mol. The number of hydrogen-bond donors (Lipinski definition) is 3. The van der Waals surface area contributed by atoms with E-state index in [1.807, 2.05) is 0 Å². The summed E-state index contributed by atoms with van der Waals surface area (Å²) in [5.41, 5.74) is 6.19. The molecule has 2 unspecified atom stereocenters. The Hall–Kier alpha value is -1.62. The van der Waals surface area contributed by atoms with Gasteiger partial charge >= 0.3 is 0 Å². The lowest BCUT2D eigenvalue weighted by atomic mass is 9.83. The molecule has 116 valence electrons. The van der Waals surface area contributed by atoms with Crippen LogP contribution in [0.25, 0.3) is 0 Å². The highest BCUT2D eigenvalue weighted by molar-refractivity contribution is 5.97. The molecule has 0 bridgehead atoms. The van der Waals surface area contributed by atoms with Crippen LogP contribution in [0.4, 0.5) is 4.39 Å². The Labute approximate surface area is 125 Å². The van der Waals surface area contributed by atoms with E-state index in [0.717, 1.165) is 12.8 Å². The maximum atomic E-state index is 14.3. The Kier molecular flexibility index (Phi) is 5.56. The molecule has 1 fully saturated rings. The quantitative estimate of drug-likeness (QED) is 0.338. The zero-order valence-corrected chi connectivity index (χ0v) is 12.5. The zero-order valence-electron chi connectivity index (χ0n) is 12.5. The topological polar surface area (TPSA) is 70.6 Å². The number of benzene rings is 1. The van der Waals surface area contributed by atoms with Gasteiger partial charge in [0.1, 0.15) is 5.82 Å². The minimum atomic E-state index is -0.413. The summed E-state index contributed by atoms with van der Waals surface area (Å²) in [7, 11) is 0. The molecule has 0 aliphatic heterocycles. The van der Waals surface area contributed by atoms with Gasteiger partial charge in [-0.05, 0) is 24.8 Å². The molecule has 1 saturated carbocycles. The van der Waals surface area contributed by atoms with Crippen LogP contribution in [0.5, 0.6) is 0 Å². The molecule has 5 heteroatoms. The van der Waals surface area contributed by atoms with Gasteiger partial charge in [0.25, 0.3) is 0 Å². The highest BCUT2D eigenvalue weighted by Gasteiger charge is 2.23. The van der Waals surface area contributed by atoms with Crippen molar-refractivity contribution in [3.8, 4) is 0 Å². The van der Waals surface area contributed by atoms with Crippen molar-refractivity contribution in [3.05, 3.63) is 35.1 Å². The number of nitrogens with one attached hydrogen (secondary N) is 1. The van der Waals surface area contributed by atoms with Gasteiger partial charge in [-0.2, -0.15) is 0 Å². The van der Waals surface area contributed by atoms with Gasteiger partial charge in [-0.3, -0.25) is 0 Å². The molecule has 21 heavy (non-hydrogen) atoms. The van der Waals surface area contributed by atoms with E-state index in [9.17, 15) is 4.39 Å². The Morgan fingerprint density at radius 3 is 2.90 bits per heavy atom. The van der Waals surface area contributed by atoms with Crippen molar-refractivity contribution in [2.75, 3.05) is 0 Å². The van der Waals surface area contributed by atoms with Crippen LogP contribution in [0, 0.1) is 11.7 Å². The van der Waals surface area contributed by atoms with Crippen molar-refractivity contribution in [3.63, 3.8) is 0 Å². The van der Waals surface area contributed by atoms with Crippen LogP contribution in [0.15, 0.2) is 23.4 Å². The van der Waals surface area contributed by atoms with E-state index in [1.54, 1.807) is 12.1 Å². The third kappa shape index (κ3) is 3.73. The highest BCUT2D eigenvalue weighted by Crippen LogP contribution is 2.27. The van der Waals surface area contributed by atoms with E-state index in [0.29, 0.717) is 24.1 Å². The normalized spacial score (nSPS) is 23.2. The third-order valence-electron chi connectivity index (χ3n) is 4.45. The molecular formula is C16H24FN3O. The molecule has 0 saturated heterocycles. The van der Waals surface area contributed by atoms with Gasteiger partial charge in [-0.1, -0.05) is 43.5 Å². The van der Waals surface area contributed by atoms with E-state index in [-0.39, 0.29) is 11.4 Å². The predicted octanol–water partition coefficient (Wildman–Crippen LogP) is 2.98. The monoisotopic (exact) mass is 293 g/mol. The van der Waals surface area contributed by atoms with Crippen LogP contribution >= 0.6 is 0 Å². The van der Waals surface area contributed by atoms with Crippen LogP contribution in [-0.4, -0.2) is 17.1 Å². The fourth-order valence-corrected chi connectivity index (χ4v) is 3.17. The molecule has 0 aromatic heterocycles. The van der Waals surface area contributed by atoms with Crippen LogP contribution in [0.3, 0.4) is 0 Å². The second kappa shape index (κ2) is 7.41. The minimum Gasteiger partial charge on any atom is -0.409 e. The van der Waals surface area contributed by atoms with E-state index in [1.165, 1.54) is 25.3 Å². The molecule has 0 heterocycles. The third-order valence-corrected chi connectivity index (χ3v) is 4.45. The molecule has 0 spiro atoms. The maximum absolute atomic E-state index is 14.3. The molecule has 1 aliphatic rings. The van der Waals surface area contributed by atoms with Gasteiger partial charge in [0.05, 0.1) is 5.56 Å². The molecular weight excluding hydrogens is 269 g/mol. The average Bonchev–Trinajstić information content (AvgIpc) is 2.53. The number of hydrogen-bond acceptors (Lipinski definition) is 3. The molecule has 0 radical (unpaired) electrons. The van der Waals surface area contributed by atoms with E-state index in [2.05, 4.69) is 17.4 Å². The van der Waals surface area contributed by atoms with Crippen LogP contribution in [-0.2, 0) is 6.54 Å². The molecule has 0 amide bonds. The summed E-state index contributed by atoms with van der Waals surface area (Å²) in [4.78, 5) is 0. The van der Waals surface area contributed by atoms with E-state index in [4.69, 9.17) is 10.9 Å². The molecule has 2 atom stereocenters. The van der Waals surface area contributed by atoms with Gasteiger partial charge in [0.2, 0.25) is 0 Å². The second-order valence-corrected chi connectivity index (χ2v) is 5.70. The molecule has 2 rings (SSSR count). The molecule has 1 aromatic rings. The summed E-state index contributed by atoms with van der Waals surface area (Å²) >= 11 is 0. The highest BCUT2D eigenvalue weighted by atomic mass is 19.1. The minimum absolute atomic E-state index is 0.146. The summed E-state index contributed by atoms with van der Waals surface area (Å²) in [5.74, 6) is 0.0664. The van der Waals surface area contributed by atoms with Gasteiger partial charge in [0, 0.05) is 18.2 Å². The number of amidine groups is 1. The van der Waals surface area contributed by atoms with Crippen molar-refractivity contribution >= 4 is 5.84 Å². The Morgan fingerprint density at radius 1 is 1.43 bits per heavy atom. The summed E-state index contributed by atoms with van der Waals surface area (Å²) < 4.78 is 14.3. The van der Waals surface area contributed by atoms with Crippen LogP contribution in [0.1, 0.15) is 50.2 Å². The molecule has 4 N–H and O–H groups in total. The number of nitrogens with zero attached hydrogens (tertiary/aromatic N) is 1. The zero-order chi connectivity index (χ0) is 15.2. The molecule has 1 aliphatic carbocycles. The lowest BCUT2D eigenvalue weighted by Crippen LogP contribution is -2.38. The van der Waals surface area contributed by atoms with Gasteiger partial charge in [0.15, 0.2) is 5.84 Å². The van der Waals surface area contributed by atoms with Crippen molar-refractivity contribution in [1.82, 2.24) is 5.32 Å². The van der Waals surface area contributed by atoms with E-state index >= 15 is 0 Å². The number of oxime groups is 1. The summed E-state index contributed by atoms with van der Waals surface area (Å²) in [6.45, 7) is 2.68.